The Bertz CT molecular complexity index is 340. The van der Waals surface area contributed by atoms with E-state index < -0.39 is 11.9 Å². The van der Waals surface area contributed by atoms with Crippen molar-refractivity contribution in [2.75, 3.05) is 13.2 Å². The molecule has 0 aromatic rings. The number of carbonyl (C=O) groups excluding carboxylic acids is 4. The Hall–Kier alpha value is -1.09. The summed E-state index contributed by atoms with van der Waals surface area (Å²) in [5.41, 5.74) is 0. The summed E-state index contributed by atoms with van der Waals surface area (Å²) >= 11 is 0. The van der Waals surface area contributed by atoms with Crippen molar-refractivity contribution in [2.24, 2.45) is 0 Å². The molecule has 0 aliphatic heterocycles. The smallest absolute Gasteiger partial charge is 0.313 e. The molecule has 0 heterocycles. The molecule has 0 bridgehead atoms. The van der Waals surface area contributed by atoms with Gasteiger partial charge in [-0.05, 0) is 55.4 Å². The minimum absolute atomic E-state index is 0. The number of aliphatic hydroxyl groups excluding tert-OH is 2. The standard InChI is InChI=1S/2C6H10O3.2C3H8O.Ti/c2*1-3-9-6(8)4-5(2)7;2*1-3(2)4;/h2*3-4H2,1-2H3;2*3-4H,1-2H3;. The van der Waals surface area contributed by atoms with Gasteiger partial charge < -0.3 is 19.7 Å². The summed E-state index contributed by atoms with van der Waals surface area (Å²) in [5, 5.41) is 16.1. The van der Waals surface area contributed by atoms with Gasteiger partial charge in [0.1, 0.15) is 24.4 Å². The van der Waals surface area contributed by atoms with Crippen LogP contribution in [0.15, 0.2) is 0 Å². The van der Waals surface area contributed by atoms with Gasteiger partial charge in [-0.15, -0.1) is 0 Å². The van der Waals surface area contributed by atoms with Crippen molar-refractivity contribution in [1.82, 2.24) is 0 Å². The molecule has 0 aromatic carbocycles. The van der Waals surface area contributed by atoms with Crippen LogP contribution in [0.4, 0.5) is 0 Å². The molecule has 0 radical (unpaired) electrons. The summed E-state index contributed by atoms with van der Waals surface area (Å²) in [6, 6.07) is 0. The van der Waals surface area contributed by atoms with Crippen LogP contribution in [0.2, 0.25) is 0 Å². The molecule has 0 unspecified atom stereocenters. The molecule has 0 saturated heterocycles. The van der Waals surface area contributed by atoms with Crippen LogP contribution in [0.3, 0.4) is 0 Å². The zero-order valence-corrected chi connectivity index (χ0v) is 19.4. The van der Waals surface area contributed by atoms with E-state index in [1.165, 1.54) is 13.8 Å². The molecule has 0 aromatic heterocycles. The van der Waals surface area contributed by atoms with Gasteiger partial charge in [0, 0.05) is 33.9 Å². The molecule has 0 saturated carbocycles. The van der Waals surface area contributed by atoms with E-state index in [4.69, 9.17) is 10.2 Å². The SMILES string of the molecule is CC(C)O.CC(C)O.CCOC(=O)CC(C)=O.CCOC(=O)CC(C)=O.[Ti]. The van der Waals surface area contributed by atoms with Gasteiger partial charge in [-0.2, -0.15) is 0 Å². The second-order valence-corrected chi connectivity index (χ2v) is 5.56. The predicted molar refractivity (Wildman–Crippen MR) is 98.6 cm³/mol. The molecule has 0 atom stereocenters. The Kier molecular flexibility index (Phi) is 37.0. The maximum atomic E-state index is 10.4. The third-order valence-electron chi connectivity index (χ3n) is 1.40. The molecule has 9 heteroatoms. The molecule has 8 nitrogen and oxygen atoms in total. The average Bonchev–Trinajstić information content (AvgIpc) is 2.36. The number of aliphatic hydroxyl groups is 2. The van der Waals surface area contributed by atoms with Crippen molar-refractivity contribution in [3.63, 3.8) is 0 Å². The fourth-order valence-corrected chi connectivity index (χ4v) is 0.831. The second-order valence-electron chi connectivity index (χ2n) is 5.56. The molecular weight excluding hydrogens is 392 g/mol. The predicted octanol–water partition coefficient (Wildman–Crippen LogP) is 1.83. The van der Waals surface area contributed by atoms with E-state index in [1.54, 1.807) is 41.5 Å². The third-order valence-corrected chi connectivity index (χ3v) is 1.40. The summed E-state index contributed by atoms with van der Waals surface area (Å²) in [7, 11) is 0. The summed E-state index contributed by atoms with van der Waals surface area (Å²) in [5.74, 6) is -1.20. The van der Waals surface area contributed by atoms with Gasteiger partial charge in [0.2, 0.25) is 0 Å². The van der Waals surface area contributed by atoms with Crippen molar-refractivity contribution >= 4 is 23.5 Å². The number of esters is 2. The first-order valence-corrected chi connectivity index (χ1v) is 8.46. The van der Waals surface area contributed by atoms with Gasteiger partial charge in [-0.3, -0.25) is 19.2 Å². The largest absolute Gasteiger partial charge is 0.466 e. The monoisotopic (exact) mass is 428 g/mol. The number of Topliss-reactive ketones (excluding diaryl/α,β-unsaturated/α-hetero) is 2. The van der Waals surface area contributed by atoms with Gasteiger partial charge in [0.15, 0.2) is 0 Å². The first-order chi connectivity index (χ1) is 11.8. The maximum absolute atomic E-state index is 10.4. The van der Waals surface area contributed by atoms with Crippen LogP contribution in [0.5, 0.6) is 0 Å². The maximum Gasteiger partial charge on any atom is 0.313 e. The zero-order valence-electron chi connectivity index (χ0n) is 17.8. The van der Waals surface area contributed by atoms with Crippen LogP contribution < -0.4 is 0 Å². The van der Waals surface area contributed by atoms with Crippen LogP contribution >= 0.6 is 0 Å². The second kappa shape index (κ2) is 27.1. The van der Waals surface area contributed by atoms with E-state index in [2.05, 4.69) is 9.47 Å². The number of carbonyl (C=O) groups is 4. The molecule has 2 N–H and O–H groups in total. The van der Waals surface area contributed by atoms with Crippen LogP contribution in [-0.4, -0.2) is 59.1 Å². The Labute approximate surface area is 177 Å². The van der Waals surface area contributed by atoms with E-state index in [-0.39, 0.29) is 58.3 Å². The van der Waals surface area contributed by atoms with Gasteiger partial charge >= 0.3 is 11.9 Å². The summed E-state index contributed by atoms with van der Waals surface area (Å²) in [4.78, 5) is 41.3. The molecule has 0 fully saturated rings. The van der Waals surface area contributed by atoms with Crippen molar-refractivity contribution in [1.29, 1.82) is 0 Å². The zero-order chi connectivity index (χ0) is 21.7. The summed E-state index contributed by atoms with van der Waals surface area (Å²) in [6.45, 7) is 13.7. The average molecular weight is 428 g/mol. The van der Waals surface area contributed by atoms with Gasteiger partial charge in [0.05, 0.1) is 13.2 Å². The van der Waals surface area contributed by atoms with E-state index in [9.17, 15) is 19.2 Å². The number of ether oxygens (including phenoxy) is 2. The number of ketones is 2. The fraction of sp³-hybridized carbons (Fsp3) is 0.778. The quantitative estimate of drug-likeness (QED) is 0.373. The number of hydrogen-bond donors (Lipinski definition) is 2. The first kappa shape index (κ1) is 36.8. The Morgan fingerprint density at radius 1 is 0.704 bits per heavy atom. The fourth-order valence-electron chi connectivity index (χ4n) is 0.831. The van der Waals surface area contributed by atoms with Crippen molar-refractivity contribution in [3.8, 4) is 0 Å². The van der Waals surface area contributed by atoms with E-state index in [1.807, 2.05) is 0 Å². The minimum atomic E-state index is -0.440. The Morgan fingerprint density at radius 3 is 1.00 bits per heavy atom. The normalized spacial score (nSPS) is 8.44. The van der Waals surface area contributed by atoms with Crippen LogP contribution in [0.25, 0.3) is 0 Å². The van der Waals surface area contributed by atoms with Crippen molar-refractivity contribution < 1.29 is 60.6 Å². The van der Waals surface area contributed by atoms with E-state index >= 15 is 0 Å². The molecule has 27 heavy (non-hydrogen) atoms. The van der Waals surface area contributed by atoms with Crippen LogP contribution in [-0.2, 0) is 50.4 Å². The van der Waals surface area contributed by atoms with E-state index in [0.717, 1.165) is 0 Å². The topological polar surface area (TPSA) is 127 Å². The first-order valence-electron chi connectivity index (χ1n) is 8.46. The Balaban J connectivity index is -0.0000000843. The molecule has 0 rings (SSSR count). The van der Waals surface area contributed by atoms with E-state index in [0.29, 0.717) is 13.2 Å². The molecule has 160 valence electrons. The van der Waals surface area contributed by atoms with Crippen molar-refractivity contribution in [3.05, 3.63) is 0 Å². The summed E-state index contributed by atoms with van der Waals surface area (Å²) < 4.78 is 8.99. The third kappa shape index (κ3) is 78.4. The Morgan fingerprint density at radius 2 is 0.889 bits per heavy atom. The molecule has 0 aliphatic carbocycles. The van der Waals surface area contributed by atoms with Gasteiger partial charge in [-0.25, -0.2) is 0 Å². The van der Waals surface area contributed by atoms with Crippen LogP contribution in [0.1, 0.15) is 68.2 Å². The molecule has 0 aliphatic rings. The molecule has 0 spiro atoms. The van der Waals surface area contributed by atoms with Crippen molar-refractivity contribution in [2.45, 2.75) is 80.4 Å². The van der Waals surface area contributed by atoms with Gasteiger partial charge in [-0.1, -0.05) is 0 Å². The summed E-state index contributed by atoms with van der Waals surface area (Å²) in [6.07, 6.45) is -0.540. The van der Waals surface area contributed by atoms with Gasteiger partial charge in [0.25, 0.3) is 0 Å². The molecule has 0 amide bonds. The van der Waals surface area contributed by atoms with Crippen LogP contribution in [0, 0.1) is 0 Å². The minimum Gasteiger partial charge on any atom is -0.466 e. The number of rotatable bonds is 6. The molecular formula is C18H36O8Ti. The number of hydrogen-bond acceptors (Lipinski definition) is 8.